The highest BCUT2D eigenvalue weighted by atomic mass is 16.6. The molecular weight excluding hydrogens is 322 g/mol. The summed E-state index contributed by atoms with van der Waals surface area (Å²) in [6, 6.07) is 6.79. The van der Waals surface area contributed by atoms with Crippen molar-refractivity contribution in [1.82, 2.24) is 10.2 Å². The highest BCUT2D eigenvalue weighted by Crippen LogP contribution is 2.13. The fraction of sp³-hybridized carbons (Fsp3) is 0.556. The van der Waals surface area contributed by atoms with Crippen molar-refractivity contribution < 1.29 is 19.1 Å². The van der Waals surface area contributed by atoms with Gasteiger partial charge in [0, 0.05) is 37.4 Å². The monoisotopic (exact) mass is 349 g/mol. The van der Waals surface area contributed by atoms with E-state index in [0.29, 0.717) is 17.8 Å². The van der Waals surface area contributed by atoms with Crippen molar-refractivity contribution in [3.8, 4) is 0 Å². The molecular formula is C18H27N3O4. The molecule has 0 aliphatic carbocycles. The Hall–Kier alpha value is -2.12. The molecule has 0 saturated carbocycles. The molecule has 1 aromatic rings. The number of morpholine rings is 1. The van der Waals surface area contributed by atoms with Gasteiger partial charge in [0.05, 0.1) is 13.2 Å². The predicted octanol–water partition coefficient (Wildman–Crippen LogP) is 2.10. The average Bonchev–Trinajstić information content (AvgIpc) is 2.54. The first kappa shape index (κ1) is 19.2. The summed E-state index contributed by atoms with van der Waals surface area (Å²) in [7, 11) is 0. The number of rotatable bonds is 5. The van der Waals surface area contributed by atoms with Gasteiger partial charge in [0.2, 0.25) is 0 Å². The Morgan fingerprint density at radius 2 is 1.96 bits per heavy atom. The quantitative estimate of drug-likeness (QED) is 0.851. The summed E-state index contributed by atoms with van der Waals surface area (Å²) < 4.78 is 10.5. The van der Waals surface area contributed by atoms with Gasteiger partial charge in [0.1, 0.15) is 5.60 Å². The molecule has 1 aliphatic rings. The average molecular weight is 349 g/mol. The Labute approximate surface area is 148 Å². The number of nitrogens with zero attached hydrogens (tertiary/aromatic N) is 1. The van der Waals surface area contributed by atoms with Crippen LogP contribution in [0.1, 0.15) is 31.1 Å². The van der Waals surface area contributed by atoms with E-state index < -0.39 is 11.7 Å². The number of nitrogens with one attached hydrogen (secondary N) is 2. The lowest BCUT2D eigenvalue weighted by molar-refractivity contribution is 0.0383. The summed E-state index contributed by atoms with van der Waals surface area (Å²) in [6.07, 6.45) is -0.544. The zero-order valence-electron chi connectivity index (χ0n) is 15.1. The van der Waals surface area contributed by atoms with E-state index in [2.05, 4.69) is 15.5 Å². The summed E-state index contributed by atoms with van der Waals surface area (Å²) in [5.41, 5.74) is 0.448. The lowest BCUT2D eigenvalue weighted by Gasteiger charge is -2.26. The van der Waals surface area contributed by atoms with Crippen molar-refractivity contribution in [3.05, 3.63) is 29.8 Å². The molecule has 2 amide bonds. The number of ether oxygens (including phenoxy) is 2. The Morgan fingerprint density at radius 3 is 2.64 bits per heavy atom. The maximum atomic E-state index is 12.3. The molecule has 0 radical (unpaired) electrons. The van der Waals surface area contributed by atoms with Gasteiger partial charge in [-0.2, -0.15) is 0 Å². The molecule has 1 fully saturated rings. The van der Waals surface area contributed by atoms with E-state index in [1.807, 2.05) is 0 Å². The minimum atomic E-state index is -0.571. The second-order valence-electron chi connectivity index (χ2n) is 6.92. The number of carbonyl (C=O) groups is 2. The Bertz CT molecular complexity index is 592. The van der Waals surface area contributed by atoms with Crippen LogP contribution in [0.25, 0.3) is 0 Å². The van der Waals surface area contributed by atoms with Gasteiger partial charge in [0.25, 0.3) is 5.91 Å². The summed E-state index contributed by atoms with van der Waals surface area (Å²) >= 11 is 0. The van der Waals surface area contributed by atoms with Crippen LogP contribution in [0.5, 0.6) is 0 Å². The highest BCUT2D eigenvalue weighted by Gasteiger charge is 2.16. The minimum absolute atomic E-state index is 0.166. The van der Waals surface area contributed by atoms with E-state index >= 15 is 0 Å². The smallest absolute Gasteiger partial charge is 0.412 e. The van der Waals surface area contributed by atoms with Crippen molar-refractivity contribution in [2.45, 2.75) is 26.4 Å². The SMILES string of the molecule is CC(C)(C)OC(=O)Nc1cccc(C(=O)NCCN2CCOCC2)c1. The van der Waals surface area contributed by atoms with Crippen molar-refractivity contribution >= 4 is 17.7 Å². The van der Waals surface area contributed by atoms with Crippen LogP contribution in [0.2, 0.25) is 0 Å². The highest BCUT2D eigenvalue weighted by molar-refractivity contribution is 5.96. The molecule has 2 rings (SSSR count). The molecule has 0 atom stereocenters. The van der Waals surface area contributed by atoms with Crippen LogP contribution in [-0.4, -0.2) is 61.9 Å². The van der Waals surface area contributed by atoms with Crippen molar-refractivity contribution in [2.75, 3.05) is 44.7 Å². The third kappa shape index (κ3) is 7.11. The number of carbonyl (C=O) groups excluding carboxylic acids is 2. The zero-order chi connectivity index (χ0) is 18.3. The summed E-state index contributed by atoms with van der Waals surface area (Å²) in [6.45, 7) is 10.0. The van der Waals surface area contributed by atoms with Gasteiger partial charge in [-0.25, -0.2) is 4.79 Å². The van der Waals surface area contributed by atoms with Gasteiger partial charge in [-0.15, -0.1) is 0 Å². The molecule has 0 spiro atoms. The van der Waals surface area contributed by atoms with Crippen LogP contribution in [0.15, 0.2) is 24.3 Å². The van der Waals surface area contributed by atoms with Crippen LogP contribution in [0, 0.1) is 0 Å². The standard InChI is InChI=1S/C18H27N3O4/c1-18(2,3)25-17(23)20-15-6-4-5-14(13-15)16(22)19-7-8-21-9-11-24-12-10-21/h4-6,13H,7-12H2,1-3H3,(H,19,22)(H,20,23). The number of hydrogen-bond acceptors (Lipinski definition) is 5. The topological polar surface area (TPSA) is 79.9 Å². The van der Waals surface area contributed by atoms with Crippen LogP contribution in [0.4, 0.5) is 10.5 Å². The van der Waals surface area contributed by atoms with E-state index in [-0.39, 0.29) is 5.91 Å². The van der Waals surface area contributed by atoms with Gasteiger partial charge in [-0.3, -0.25) is 15.0 Å². The third-order valence-electron chi connectivity index (χ3n) is 3.59. The molecule has 1 aromatic carbocycles. The van der Waals surface area contributed by atoms with Crippen molar-refractivity contribution in [3.63, 3.8) is 0 Å². The maximum absolute atomic E-state index is 12.3. The molecule has 1 aliphatic heterocycles. The number of benzene rings is 1. The molecule has 0 bridgehead atoms. The molecule has 0 aromatic heterocycles. The molecule has 0 unspecified atom stereocenters. The lowest BCUT2D eigenvalue weighted by atomic mass is 10.2. The Balaban J connectivity index is 1.82. The summed E-state index contributed by atoms with van der Waals surface area (Å²) in [5, 5.41) is 5.54. The molecule has 2 N–H and O–H groups in total. The first-order valence-electron chi connectivity index (χ1n) is 8.52. The van der Waals surface area contributed by atoms with Crippen LogP contribution < -0.4 is 10.6 Å². The van der Waals surface area contributed by atoms with Crippen LogP contribution >= 0.6 is 0 Å². The van der Waals surface area contributed by atoms with Crippen molar-refractivity contribution in [2.24, 2.45) is 0 Å². The van der Waals surface area contributed by atoms with Crippen molar-refractivity contribution in [1.29, 1.82) is 0 Å². The van der Waals surface area contributed by atoms with E-state index in [1.165, 1.54) is 0 Å². The Kier molecular flexibility index (Phi) is 6.78. The first-order chi connectivity index (χ1) is 11.8. The zero-order valence-corrected chi connectivity index (χ0v) is 15.1. The largest absolute Gasteiger partial charge is 0.444 e. The molecule has 1 heterocycles. The maximum Gasteiger partial charge on any atom is 0.412 e. The summed E-state index contributed by atoms with van der Waals surface area (Å²) in [5.74, 6) is -0.166. The van der Waals surface area contributed by atoms with Gasteiger partial charge in [0.15, 0.2) is 0 Å². The Morgan fingerprint density at radius 1 is 1.24 bits per heavy atom. The predicted molar refractivity (Wildman–Crippen MR) is 95.9 cm³/mol. The van der Waals surface area contributed by atoms with Gasteiger partial charge < -0.3 is 14.8 Å². The van der Waals surface area contributed by atoms with Gasteiger partial charge >= 0.3 is 6.09 Å². The van der Waals surface area contributed by atoms with E-state index in [9.17, 15) is 9.59 Å². The minimum Gasteiger partial charge on any atom is -0.444 e. The molecule has 7 nitrogen and oxygen atoms in total. The second-order valence-corrected chi connectivity index (χ2v) is 6.92. The molecule has 138 valence electrons. The number of hydrogen-bond donors (Lipinski definition) is 2. The molecule has 1 saturated heterocycles. The second kappa shape index (κ2) is 8.82. The fourth-order valence-electron chi connectivity index (χ4n) is 2.41. The number of amides is 2. The normalized spacial score (nSPS) is 15.5. The molecule has 7 heteroatoms. The van der Waals surface area contributed by atoms with E-state index in [1.54, 1.807) is 45.0 Å². The molecule has 25 heavy (non-hydrogen) atoms. The fourth-order valence-corrected chi connectivity index (χ4v) is 2.41. The first-order valence-corrected chi connectivity index (χ1v) is 8.52. The van der Waals surface area contributed by atoms with Gasteiger partial charge in [-0.1, -0.05) is 6.07 Å². The summed E-state index contributed by atoms with van der Waals surface area (Å²) in [4.78, 5) is 26.3. The van der Waals surface area contributed by atoms with Crippen LogP contribution in [-0.2, 0) is 9.47 Å². The lowest BCUT2D eigenvalue weighted by Crippen LogP contribution is -2.41. The van der Waals surface area contributed by atoms with E-state index in [4.69, 9.17) is 9.47 Å². The third-order valence-corrected chi connectivity index (χ3v) is 3.59. The van der Waals surface area contributed by atoms with E-state index in [0.717, 1.165) is 32.8 Å². The number of anilines is 1. The van der Waals surface area contributed by atoms with Gasteiger partial charge in [-0.05, 0) is 39.0 Å². The van der Waals surface area contributed by atoms with Crippen LogP contribution in [0.3, 0.4) is 0 Å².